The molecule has 1 saturated heterocycles. The number of halogens is 1. The van der Waals surface area contributed by atoms with Crippen molar-refractivity contribution < 1.29 is 0 Å². The van der Waals surface area contributed by atoms with Gasteiger partial charge in [-0.2, -0.15) is 0 Å². The number of hydrogen-bond acceptors (Lipinski definition) is 1. The van der Waals surface area contributed by atoms with E-state index in [9.17, 15) is 0 Å². The summed E-state index contributed by atoms with van der Waals surface area (Å²) in [6.07, 6.45) is 5.34. The van der Waals surface area contributed by atoms with Crippen LogP contribution in [0.5, 0.6) is 0 Å². The van der Waals surface area contributed by atoms with E-state index < -0.39 is 0 Å². The van der Waals surface area contributed by atoms with Crippen molar-refractivity contribution in [3.8, 4) is 0 Å². The molecule has 0 saturated carbocycles. The average molecular weight is 290 g/mol. The van der Waals surface area contributed by atoms with Crippen LogP contribution in [0, 0.1) is 11.3 Å². The molecule has 0 radical (unpaired) electrons. The van der Waals surface area contributed by atoms with Crippen LogP contribution in [0.4, 0.5) is 0 Å². The summed E-state index contributed by atoms with van der Waals surface area (Å²) in [5, 5.41) is 1.14. The van der Waals surface area contributed by atoms with Crippen molar-refractivity contribution in [3.05, 3.63) is 0 Å². The molecule has 2 heteroatoms. The highest BCUT2D eigenvalue weighted by molar-refractivity contribution is 9.09. The molecule has 0 aliphatic carbocycles. The summed E-state index contributed by atoms with van der Waals surface area (Å²) in [5.41, 5.74) is 0.495. The maximum absolute atomic E-state index is 3.73. The first kappa shape index (κ1) is 14.5. The van der Waals surface area contributed by atoms with Gasteiger partial charge in [-0.3, -0.25) is 0 Å². The highest BCUT2D eigenvalue weighted by Gasteiger charge is 2.31. The lowest BCUT2D eigenvalue weighted by atomic mass is 9.82. The molecule has 96 valence electrons. The summed E-state index contributed by atoms with van der Waals surface area (Å²) >= 11 is 3.73. The number of hydrogen-bond donors (Lipinski definition) is 0. The molecule has 0 amide bonds. The van der Waals surface area contributed by atoms with Crippen molar-refractivity contribution in [1.82, 2.24) is 4.90 Å². The molecule has 2 atom stereocenters. The second-order valence-corrected chi connectivity index (χ2v) is 6.35. The predicted molar refractivity (Wildman–Crippen MR) is 76.2 cm³/mol. The van der Waals surface area contributed by atoms with Gasteiger partial charge in [0.2, 0.25) is 0 Å². The van der Waals surface area contributed by atoms with E-state index in [-0.39, 0.29) is 0 Å². The molecule has 1 heterocycles. The lowest BCUT2D eigenvalue weighted by molar-refractivity contribution is 0.0760. The van der Waals surface area contributed by atoms with Gasteiger partial charge >= 0.3 is 0 Å². The molecule has 2 unspecified atom stereocenters. The maximum atomic E-state index is 3.73. The molecular weight excluding hydrogens is 262 g/mol. The van der Waals surface area contributed by atoms with E-state index in [1.165, 1.54) is 38.8 Å². The van der Waals surface area contributed by atoms with E-state index in [1.54, 1.807) is 0 Å². The van der Waals surface area contributed by atoms with Crippen LogP contribution in [0.1, 0.15) is 53.4 Å². The second kappa shape index (κ2) is 6.39. The molecule has 1 aliphatic rings. The third kappa shape index (κ3) is 3.46. The van der Waals surface area contributed by atoms with Crippen LogP contribution >= 0.6 is 15.9 Å². The second-order valence-electron chi connectivity index (χ2n) is 5.79. The zero-order chi connectivity index (χ0) is 12.2. The first-order chi connectivity index (χ1) is 7.56. The smallest absolute Gasteiger partial charge is 0.01000 e. The summed E-state index contributed by atoms with van der Waals surface area (Å²) in [6, 6.07) is 0.778. The van der Waals surface area contributed by atoms with Gasteiger partial charge in [0.1, 0.15) is 0 Å². The van der Waals surface area contributed by atoms with E-state index in [2.05, 4.69) is 48.5 Å². The lowest BCUT2D eigenvalue weighted by Crippen LogP contribution is -2.46. The molecule has 16 heavy (non-hydrogen) atoms. The Balaban J connectivity index is 2.57. The van der Waals surface area contributed by atoms with Crippen molar-refractivity contribution in [2.45, 2.75) is 59.4 Å². The molecule has 1 fully saturated rings. The van der Waals surface area contributed by atoms with Gasteiger partial charge in [0, 0.05) is 17.9 Å². The van der Waals surface area contributed by atoms with Crippen molar-refractivity contribution >= 4 is 15.9 Å². The molecule has 1 nitrogen and oxygen atoms in total. The summed E-state index contributed by atoms with van der Waals surface area (Å²) in [7, 11) is 0. The Labute approximate surface area is 110 Å². The fourth-order valence-electron chi connectivity index (χ4n) is 2.83. The summed E-state index contributed by atoms with van der Waals surface area (Å²) in [5.74, 6) is 0.924. The van der Waals surface area contributed by atoms with Crippen molar-refractivity contribution in [3.63, 3.8) is 0 Å². The number of rotatable bonds is 5. The van der Waals surface area contributed by atoms with E-state index in [0.29, 0.717) is 5.41 Å². The van der Waals surface area contributed by atoms with E-state index in [4.69, 9.17) is 0 Å². The van der Waals surface area contributed by atoms with Crippen LogP contribution in [-0.2, 0) is 0 Å². The standard InChI is InChI=1S/C14H28BrN/c1-5-14(6-2,10-15)11-16-8-7-12(3)9-13(16)4/h12-13H,5-11H2,1-4H3. The molecule has 0 bridgehead atoms. The molecule has 1 rings (SSSR count). The fraction of sp³-hybridized carbons (Fsp3) is 1.00. The lowest BCUT2D eigenvalue weighted by Gasteiger charge is -2.42. The Morgan fingerprint density at radius 3 is 2.31 bits per heavy atom. The zero-order valence-electron chi connectivity index (χ0n) is 11.4. The molecule has 1 aliphatic heterocycles. The van der Waals surface area contributed by atoms with Gasteiger partial charge in [0.05, 0.1) is 0 Å². The van der Waals surface area contributed by atoms with Crippen LogP contribution in [0.15, 0.2) is 0 Å². The molecule has 0 aromatic rings. The van der Waals surface area contributed by atoms with E-state index in [0.717, 1.165) is 17.3 Å². The number of alkyl halides is 1. The molecule has 0 aromatic carbocycles. The normalized spacial score (nSPS) is 28.3. The molecule has 0 spiro atoms. The molecular formula is C14H28BrN. The molecule has 0 N–H and O–H groups in total. The van der Waals surface area contributed by atoms with Gasteiger partial charge in [-0.15, -0.1) is 0 Å². The number of nitrogens with zero attached hydrogens (tertiary/aromatic N) is 1. The van der Waals surface area contributed by atoms with Gasteiger partial charge in [-0.05, 0) is 50.5 Å². The van der Waals surface area contributed by atoms with E-state index in [1.807, 2.05) is 0 Å². The first-order valence-electron chi connectivity index (χ1n) is 6.87. The van der Waals surface area contributed by atoms with Crippen molar-refractivity contribution in [2.24, 2.45) is 11.3 Å². The Kier molecular flexibility index (Phi) is 5.79. The van der Waals surface area contributed by atoms with Crippen LogP contribution in [0.25, 0.3) is 0 Å². The van der Waals surface area contributed by atoms with Crippen LogP contribution in [-0.4, -0.2) is 29.4 Å². The quantitative estimate of drug-likeness (QED) is 0.682. The average Bonchev–Trinajstić information content (AvgIpc) is 2.29. The minimum Gasteiger partial charge on any atom is -0.300 e. The topological polar surface area (TPSA) is 3.24 Å². The highest BCUT2D eigenvalue weighted by atomic mass is 79.9. The summed E-state index contributed by atoms with van der Waals surface area (Å²) < 4.78 is 0. The fourth-order valence-corrected chi connectivity index (χ4v) is 3.80. The Morgan fingerprint density at radius 1 is 1.25 bits per heavy atom. The SMILES string of the molecule is CCC(CC)(CBr)CN1CCC(C)CC1C. The Bertz CT molecular complexity index is 193. The first-order valence-corrected chi connectivity index (χ1v) is 7.99. The minimum absolute atomic E-state index is 0.495. The predicted octanol–water partition coefficient (Wildman–Crippen LogP) is 4.31. The van der Waals surface area contributed by atoms with Crippen molar-refractivity contribution in [1.29, 1.82) is 0 Å². The third-order valence-electron chi connectivity index (χ3n) is 4.60. The Hall–Kier alpha value is 0.440. The van der Waals surface area contributed by atoms with Crippen molar-refractivity contribution in [2.75, 3.05) is 18.4 Å². The highest BCUT2D eigenvalue weighted by Crippen LogP contribution is 2.33. The van der Waals surface area contributed by atoms with Gasteiger partial charge in [-0.1, -0.05) is 36.7 Å². The maximum Gasteiger partial charge on any atom is 0.01000 e. The third-order valence-corrected chi connectivity index (χ3v) is 5.79. The number of likely N-dealkylation sites (tertiary alicyclic amines) is 1. The zero-order valence-corrected chi connectivity index (χ0v) is 13.0. The van der Waals surface area contributed by atoms with E-state index >= 15 is 0 Å². The monoisotopic (exact) mass is 289 g/mol. The summed E-state index contributed by atoms with van der Waals surface area (Å²) in [4.78, 5) is 2.72. The van der Waals surface area contributed by atoms with Crippen LogP contribution in [0.2, 0.25) is 0 Å². The van der Waals surface area contributed by atoms with Gasteiger partial charge in [0.25, 0.3) is 0 Å². The molecule has 0 aromatic heterocycles. The minimum atomic E-state index is 0.495. The van der Waals surface area contributed by atoms with Crippen LogP contribution in [0.3, 0.4) is 0 Å². The summed E-state index contributed by atoms with van der Waals surface area (Å²) in [6.45, 7) is 12.0. The largest absolute Gasteiger partial charge is 0.300 e. The number of piperidine rings is 1. The van der Waals surface area contributed by atoms with Crippen LogP contribution < -0.4 is 0 Å². The van der Waals surface area contributed by atoms with Gasteiger partial charge in [0.15, 0.2) is 0 Å². The Morgan fingerprint density at radius 2 is 1.88 bits per heavy atom. The van der Waals surface area contributed by atoms with Gasteiger partial charge in [-0.25, -0.2) is 0 Å². The van der Waals surface area contributed by atoms with Gasteiger partial charge < -0.3 is 4.90 Å².